The summed E-state index contributed by atoms with van der Waals surface area (Å²) in [6, 6.07) is 18.3. The lowest BCUT2D eigenvalue weighted by molar-refractivity contribution is 0.0454. The van der Waals surface area contributed by atoms with Gasteiger partial charge in [0, 0.05) is 18.3 Å². The zero-order chi connectivity index (χ0) is 17.9. The van der Waals surface area contributed by atoms with Crippen molar-refractivity contribution >= 4 is 17.2 Å². The topological polar surface area (TPSA) is 42.4 Å². The number of carbonyl (C=O) groups is 1. The standard InChI is InChI=1S/C21H20N2O2S/c1-25-17-9-5-8-16(13-17)19-10-11-23(19)21(24)18-14-26-20(22-18)12-15-6-3-2-4-7-15/h2-9,13-14,19H,10-12H2,1H3/t19-/m0/s1. The number of hydrogen-bond acceptors (Lipinski definition) is 4. The molecule has 1 aromatic heterocycles. The van der Waals surface area contributed by atoms with Gasteiger partial charge in [-0.05, 0) is 29.7 Å². The molecule has 2 aromatic carbocycles. The van der Waals surface area contributed by atoms with Crippen molar-refractivity contribution in [2.75, 3.05) is 13.7 Å². The molecule has 1 fully saturated rings. The Morgan fingerprint density at radius 1 is 1.23 bits per heavy atom. The van der Waals surface area contributed by atoms with Crippen LogP contribution in [0.2, 0.25) is 0 Å². The first-order valence-electron chi connectivity index (χ1n) is 8.68. The van der Waals surface area contributed by atoms with E-state index in [4.69, 9.17) is 4.74 Å². The number of carbonyl (C=O) groups excluding carboxylic acids is 1. The van der Waals surface area contributed by atoms with E-state index >= 15 is 0 Å². The van der Waals surface area contributed by atoms with Crippen LogP contribution in [0.5, 0.6) is 5.75 Å². The number of thiazole rings is 1. The summed E-state index contributed by atoms with van der Waals surface area (Å²) in [5, 5.41) is 2.85. The molecule has 0 aliphatic carbocycles. The maximum Gasteiger partial charge on any atom is 0.273 e. The second-order valence-corrected chi connectivity index (χ2v) is 7.31. The van der Waals surface area contributed by atoms with E-state index in [-0.39, 0.29) is 11.9 Å². The maximum absolute atomic E-state index is 12.9. The van der Waals surface area contributed by atoms with Gasteiger partial charge in [0.2, 0.25) is 0 Å². The molecule has 4 rings (SSSR count). The van der Waals surface area contributed by atoms with Gasteiger partial charge in [-0.3, -0.25) is 4.79 Å². The minimum Gasteiger partial charge on any atom is -0.497 e. The van der Waals surface area contributed by atoms with Crippen LogP contribution < -0.4 is 4.74 Å². The third kappa shape index (κ3) is 3.35. The van der Waals surface area contributed by atoms with Gasteiger partial charge >= 0.3 is 0 Å². The van der Waals surface area contributed by atoms with Crippen molar-refractivity contribution in [1.29, 1.82) is 0 Å². The van der Waals surface area contributed by atoms with Crippen molar-refractivity contribution in [3.8, 4) is 5.75 Å². The molecule has 4 nitrogen and oxygen atoms in total. The lowest BCUT2D eigenvalue weighted by atomic mass is 9.94. The Labute approximate surface area is 157 Å². The van der Waals surface area contributed by atoms with Crippen molar-refractivity contribution in [2.45, 2.75) is 18.9 Å². The molecule has 1 aliphatic rings. The van der Waals surface area contributed by atoms with Crippen LogP contribution in [0.3, 0.4) is 0 Å². The summed E-state index contributed by atoms with van der Waals surface area (Å²) in [4.78, 5) is 19.3. The molecule has 0 spiro atoms. The van der Waals surface area contributed by atoms with E-state index < -0.39 is 0 Å². The fraction of sp³-hybridized carbons (Fsp3) is 0.238. The number of hydrogen-bond donors (Lipinski definition) is 0. The van der Waals surface area contributed by atoms with Gasteiger partial charge < -0.3 is 9.64 Å². The highest BCUT2D eigenvalue weighted by Crippen LogP contribution is 2.36. The molecule has 26 heavy (non-hydrogen) atoms. The van der Waals surface area contributed by atoms with E-state index in [2.05, 4.69) is 23.2 Å². The predicted molar refractivity (Wildman–Crippen MR) is 103 cm³/mol. The van der Waals surface area contributed by atoms with Crippen LogP contribution in [0, 0.1) is 0 Å². The molecule has 5 heteroatoms. The molecule has 1 atom stereocenters. The van der Waals surface area contributed by atoms with Crippen LogP contribution in [-0.4, -0.2) is 29.4 Å². The van der Waals surface area contributed by atoms with E-state index in [9.17, 15) is 4.79 Å². The second kappa shape index (κ2) is 7.30. The Balaban J connectivity index is 1.47. The van der Waals surface area contributed by atoms with Crippen LogP contribution in [-0.2, 0) is 6.42 Å². The number of nitrogens with zero attached hydrogens (tertiary/aromatic N) is 2. The number of rotatable bonds is 5. The fourth-order valence-corrected chi connectivity index (χ4v) is 4.04. The molecule has 0 radical (unpaired) electrons. The Hall–Kier alpha value is -2.66. The Bertz CT molecular complexity index is 907. The van der Waals surface area contributed by atoms with Crippen LogP contribution in [0.25, 0.3) is 0 Å². The Kier molecular flexibility index (Phi) is 4.71. The molecule has 0 bridgehead atoms. The lowest BCUT2D eigenvalue weighted by Gasteiger charge is -2.41. The van der Waals surface area contributed by atoms with Crippen molar-refractivity contribution < 1.29 is 9.53 Å². The molecule has 1 amide bonds. The average Bonchev–Trinajstić information content (AvgIpc) is 3.10. The Morgan fingerprint density at radius 2 is 2.08 bits per heavy atom. The molecule has 132 valence electrons. The number of benzene rings is 2. The first-order chi connectivity index (χ1) is 12.7. The van der Waals surface area contributed by atoms with E-state index in [1.807, 2.05) is 46.7 Å². The van der Waals surface area contributed by atoms with Crippen molar-refractivity contribution in [2.24, 2.45) is 0 Å². The molecule has 3 aromatic rings. The molecular formula is C21H20N2O2S. The molecule has 0 unspecified atom stereocenters. The second-order valence-electron chi connectivity index (χ2n) is 6.37. The lowest BCUT2D eigenvalue weighted by Crippen LogP contribution is -2.45. The molecule has 1 aliphatic heterocycles. The largest absolute Gasteiger partial charge is 0.497 e. The quantitative estimate of drug-likeness (QED) is 0.677. The van der Waals surface area contributed by atoms with Gasteiger partial charge in [-0.15, -0.1) is 11.3 Å². The molecular weight excluding hydrogens is 344 g/mol. The van der Waals surface area contributed by atoms with Crippen molar-refractivity contribution in [1.82, 2.24) is 9.88 Å². The first-order valence-corrected chi connectivity index (χ1v) is 9.56. The molecule has 0 N–H and O–H groups in total. The minimum atomic E-state index is 0.0135. The summed E-state index contributed by atoms with van der Waals surface area (Å²) in [6.07, 6.45) is 1.73. The zero-order valence-corrected chi connectivity index (χ0v) is 15.4. The monoisotopic (exact) mass is 364 g/mol. The van der Waals surface area contributed by atoms with E-state index in [0.29, 0.717) is 5.69 Å². The van der Waals surface area contributed by atoms with Crippen molar-refractivity contribution in [3.05, 3.63) is 81.8 Å². The van der Waals surface area contributed by atoms with Gasteiger partial charge in [0.15, 0.2) is 0 Å². The summed E-state index contributed by atoms with van der Waals surface area (Å²) in [5.41, 5.74) is 2.87. The zero-order valence-electron chi connectivity index (χ0n) is 14.6. The fourth-order valence-electron chi connectivity index (χ4n) is 3.23. The van der Waals surface area contributed by atoms with Gasteiger partial charge in [-0.25, -0.2) is 4.98 Å². The van der Waals surface area contributed by atoms with Gasteiger partial charge in [-0.2, -0.15) is 0 Å². The number of methoxy groups -OCH3 is 1. The SMILES string of the molecule is COc1cccc([C@@H]2CCN2C(=O)c2csc(Cc3ccccc3)n2)c1. The van der Waals surface area contributed by atoms with Gasteiger partial charge in [0.05, 0.1) is 18.2 Å². The van der Waals surface area contributed by atoms with E-state index in [1.54, 1.807) is 18.4 Å². The van der Waals surface area contributed by atoms with Crippen molar-refractivity contribution in [3.63, 3.8) is 0 Å². The minimum absolute atomic E-state index is 0.0135. The first kappa shape index (κ1) is 16.8. The predicted octanol–water partition coefficient (Wildman–Crippen LogP) is 4.33. The third-order valence-electron chi connectivity index (χ3n) is 4.73. The number of ether oxygens (including phenoxy) is 1. The van der Waals surface area contributed by atoms with Crippen LogP contribution in [0.4, 0.5) is 0 Å². The Morgan fingerprint density at radius 3 is 2.81 bits per heavy atom. The van der Waals surface area contributed by atoms with Gasteiger partial charge in [0.1, 0.15) is 11.4 Å². The summed E-state index contributed by atoms with van der Waals surface area (Å²) >= 11 is 1.55. The number of amides is 1. The van der Waals surface area contributed by atoms with E-state index in [0.717, 1.165) is 35.7 Å². The van der Waals surface area contributed by atoms with Gasteiger partial charge in [-0.1, -0.05) is 42.5 Å². The highest BCUT2D eigenvalue weighted by Gasteiger charge is 2.35. The average molecular weight is 364 g/mol. The van der Waals surface area contributed by atoms with Gasteiger partial charge in [0.25, 0.3) is 5.91 Å². The normalized spacial score (nSPS) is 16.2. The summed E-state index contributed by atoms with van der Waals surface area (Å²) in [5.74, 6) is 0.834. The van der Waals surface area contributed by atoms with Crippen LogP contribution in [0.15, 0.2) is 60.0 Å². The third-order valence-corrected chi connectivity index (χ3v) is 5.58. The molecule has 2 heterocycles. The number of aromatic nitrogens is 1. The van der Waals surface area contributed by atoms with Crippen LogP contribution >= 0.6 is 11.3 Å². The van der Waals surface area contributed by atoms with Crippen LogP contribution in [0.1, 0.15) is 39.1 Å². The summed E-state index contributed by atoms with van der Waals surface area (Å²) < 4.78 is 5.30. The smallest absolute Gasteiger partial charge is 0.273 e. The molecule has 0 saturated carbocycles. The molecule has 1 saturated heterocycles. The maximum atomic E-state index is 12.9. The number of likely N-dealkylation sites (tertiary alicyclic amines) is 1. The van der Waals surface area contributed by atoms with E-state index in [1.165, 1.54) is 5.56 Å². The summed E-state index contributed by atoms with van der Waals surface area (Å²) in [7, 11) is 1.66. The highest BCUT2D eigenvalue weighted by molar-refractivity contribution is 7.09. The summed E-state index contributed by atoms with van der Waals surface area (Å²) in [6.45, 7) is 0.770. The highest BCUT2D eigenvalue weighted by atomic mass is 32.1.